The van der Waals surface area contributed by atoms with Crippen LogP contribution in [0.15, 0.2) is 72.8 Å². The molecule has 2 heterocycles. The Bertz CT molecular complexity index is 1520. The van der Waals surface area contributed by atoms with Crippen LogP contribution in [0.3, 0.4) is 0 Å². The number of carbonyl (C=O) groups is 2. The number of hydrogen-bond acceptors (Lipinski definition) is 4. The zero-order valence-corrected chi connectivity index (χ0v) is 26.9. The van der Waals surface area contributed by atoms with Gasteiger partial charge in [0.05, 0.1) is 15.6 Å². The highest BCUT2D eigenvalue weighted by Crippen LogP contribution is 2.53. The number of likely N-dealkylation sites (N-methyl/N-ethyl adjacent to an activating group) is 2. The number of likely N-dealkylation sites (tertiary alicyclic amines) is 1. The van der Waals surface area contributed by atoms with Gasteiger partial charge in [0.1, 0.15) is 0 Å². The molecule has 0 radical (unpaired) electrons. The first-order valence-electron chi connectivity index (χ1n) is 14.4. The van der Waals surface area contributed by atoms with Crippen molar-refractivity contribution in [1.29, 1.82) is 0 Å². The van der Waals surface area contributed by atoms with Crippen molar-refractivity contribution < 1.29 is 22.8 Å². The van der Waals surface area contributed by atoms with E-state index in [0.29, 0.717) is 22.6 Å². The van der Waals surface area contributed by atoms with Gasteiger partial charge in [0.15, 0.2) is 0 Å². The lowest BCUT2D eigenvalue weighted by molar-refractivity contribution is -0.185. The molecule has 5 rings (SSSR count). The Morgan fingerprint density at radius 2 is 1.59 bits per heavy atom. The molecule has 0 bridgehead atoms. The fourth-order valence-corrected chi connectivity index (χ4v) is 8.30. The second-order valence-corrected chi connectivity index (χ2v) is 13.8. The summed E-state index contributed by atoms with van der Waals surface area (Å²) in [5, 5.41) is 0.479. The molecule has 11 heteroatoms. The molecular weight excluding hydrogens is 630 g/mol. The summed E-state index contributed by atoms with van der Waals surface area (Å²) < 4.78 is 40.9. The van der Waals surface area contributed by atoms with Crippen LogP contribution >= 0.6 is 35.0 Å². The lowest BCUT2D eigenvalue weighted by Crippen LogP contribution is -2.57. The number of benzene rings is 3. The molecule has 2 aliphatic heterocycles. The van der Waals surface area contributed by atoms with E-state index in [4.69, 9.17) is 23.2 Å². The van der Waals surface area contributed by atoms with Gasteiger partial charge in [-0.1, -0.05) is 71.7 Å². The number of halogens is 5. The monoisotopic (exact) mass is 663 g/mol. The van der Waals surface area contributed by atoms with Gasteiger partial charge in [-0.3, -0.25) is 9.59 Å². The average molecular weight is 665 g/mol. The van der Waals surface area contributed by atoms with Crippen molar-refractivity contribution in [3.63, 3.8) is 0 Å². The van der Waals surface area contributed by atoms with Crippen molar-refractivity contribution in [3.05, 3.63) is 105 Å². The molecule has 3 aromatic carbocycles. The summed E-state index contributed by atoms with van der Waals surface area (Å²) in [6, 6.07) is 21.9. The van der Waals surface area contributed by atoms with E-state index in [-0.39, 0.29) is 27.1 Å². The van der Waals surface area contributed by atoms with Crippen LogP contribution in [-0.2, 0) is 20.8 Å². The number of hydrogen-bond donors (Lipinski definition) is 0. The molecule has 1 saturated heterocycles. The van der Waals surface area contributed by atoms with Gasteiger partial charge in [0.2, 0.25) is 0 Å². The molecule has 1 atom stereocenters. The number of fused-ring (bicyclic) bond motifs is 2. The van der Waals surface area contributed by atoms with Gasteiger partial charge in [0.25, 0.3) is 5.91 Å². The molecule has 1 spiro atoms. The Kier molecular flexibility index (Phi) is 9.61. The van der Waals surface area contributed by atoms with Gasteiger partial charge >= 0.3 is 12.1 Å². The predicted molar refractivity (Wildman–Crippen MR) is 170 cm³/mol. The van der Waals surface area contributed by atoms with Crippen LogP contribution in [0.5, 0.6) is 0 Å². The first-order chi connectivity index (χ1) is 20.9. The standard InChI is InChI=1S/C33H34Cl2F3N3O2S/c1-39(30(43)33(36,37)38)22-31(25-12-13-27(34)28(35)20-25,40(2)29(42)23-8-4-3-5-9-23)14-17-41-18-15-32(16-19-41)26-11-7-6-10-24(26)21-44-32/h3-13,20H,14-19,21-22H2,1-2H3/t31-/m1/s1. The van der Waals surface area contributed by atoms with Crippen molar-refractivity contribution >= 4 is 46.8 Å². The van der Waals surface area contributed by atoms with Crippen LogP contribution in [0.1, 0.15) is 46.3 Å². The number of alkyl halides is 3. The van der Waals surface area contributed by atoms with Crippen molar-refractivity contribution in [3.8, 4) is 0 Å². The Morgan fingerprint density at radius 1 is 0.932 bits per heavy atom. The molecule has 0 saturated carbocycles. The first-order valence-corrected chi connectivity index (χ1v) is 16.2. The van der Waals surface area contributed by atoms with Crippen LogP contribution in [0.4, 0.5) is 13.2 Å². The lowest BCUT2D eigenvalue weighted by Gasteiger charge is -2.47. The van der Waals surface area contributed by atoms with E-state index in [1.807, 2.05) is 11.8 Å². The Labute approximate surface area is 270 Å². The van der Waals surface area contributed by atoms with E-state index in [9.17, 15) is 22.8 Å². The SMILES string of the molecule is CN(C[C@](CCN1CCC2(CC1)SCc1ccccc12)(c1ccc(Cl)c(Cl)c1)N(C)C(=O)c1ccccc1)C(=O)C(F)(F)F. The highest BCUT2D eigenvalue weighted by Gasteiger charge is 2.48. The number of piperidine rings is 1. The van der Waals surface area contributed by atoms with Crippen LogP contribution < -0.4 is 0 Å². The Morgan fingerprint density at radius 3 is 2.25 bits per heavy atom. The van der Waals surface area contributed by atoms with E-state index in [1.165, 1.54) is 16.0 Å². The molecule has 0 unspecified atom stereocenters. The predicted octanol–water partition coefficient (Wildman–Crippen LogP) is 7.61. The Balaban J connectivity index is 1.48. The normalized spacial score (nSPS) is 17.6. The van der Waals surface area contributed by atoms with E-state index < -0.39 is 24.2 Å². The van der Waals surface area contributed by atoms with E-state index in [0.717, 1.165) is 38.7 Å². The zero-order valence-electron chi connectivity index (χ0n) is 24.5. The smallest absolute Gasteiger partial charge is 0.335 e. The number of thioether (sulfide) groups is 1. The molecule has 2 aliphatic rings. The third kappa shape index (κ3) is 6.48. The van der Waals surface area contributed by atoms with Gasteiger partial charge in [-0.25, -0.2) is 0 Å². The molecule has 0 aliphatic carbocycles. The second-order valence-electron chi connectivity index (χ2n) is 11.6. The van der Waals surface area contributed by atoms with E-state index in [1.54, 1.807) is 55.6 Å². The average Bonchev–Trinajstić information content (AvgIpc) is 3.38. The topological polar surface area (TPSA) is 43.9 Å². The summed E-state index contributed by atoms with van der Waals surface area (Å²) >= 11 is 14.7. The largest absolute Gasteiger partial charge is 0.471 e. The number of rotatable bonds is 8. The van der Waals surface area contributed by atoms with Gasteiger partial charge in [-0.15, -0.1) is 11.8 Å². The quantitative estimate of drug-likeness (QED) is 0.249. The minimum absolute atomic E-state index is 0.0628. The fourth-order valence-electron chi connectivity index (χ4n) is 6.50. The van der Waals surface area contributed by atoms with Gasteiger partial charge in [-0.2, -0.15) is 13.2 Å². The van der Waals surface area contributed by atoms with Crippen molar-refractivity contribution in [2.75, 3.05) is 40.3 Å². The Hall–Kier alpha value is -2.72. The number of nitrogens with zero attached hydrogens (tertiary/aromatic N) is 3. The molecule has 234 valence electrons. The fraction of sp³-hybridized carbons (Fsp3) is 0.394. The molecule has 0 N–H and O–H groups in total. The summed E-state index contributed by atoms with van der Waals surface area (Å²) in [5.74, 6) is -1.39. The second kappa shape index (κ2) is 12.9. The number of amides is 2. The molecule has 0 aromatic heterocycles. The molecule has 44 heavy (non-hydrogen) atoms. The highest BCUT2D eigenvalue weighted by atomic mass is 35.5. The van der Waals surface area contributed by atoms with Gasteiger partial charge < -0.3 is 14.7 Å². The zero-order chi connectivity index (χ0) is 31.7. The van der Waals surface area contributed by atoms with Gasteiger partial charge in [-0.05, 0) is 73.3 Å². The molecule has 5 nitrogen and oxygen atoms in total. The summed E-state index contributed by atoms with van der Waals surface area (Å²) in [4.78, 5) is 30.8. The maximum absolute atomic E-state index is 13.9. The van der Waals surface area contributed by atoms with Crippen molar-refractivity contribution in [1.82, 2.24) is 14.7 Å². The molecule has 2 amide bonds. The summed E-state index contributed by atoms with van der Waals surface area (Å²) in [7, 11) is 2.68. The molecule has 1 fully saturated rings. The summed E-state index contributed by atoms with van der Waals surface area (Å²) in [5.41, 5.74) is 2.29. The minimum atomic E-state index is -5.07. The lowest BCUT2D eigenvalue weighted by atomic mass is 9.82. The van der Waals surface area contributed by atoms with Crippen molar-refractivity contribution in [2.45, 2.75) is 41.5 Å². The minimum Gasteiger partial charge on any atom is -0.335 e. The third-order valence-corrected chi connectivity index (χ3v) is 11.4. The molecular formula is C33H34Cl2F3N3O2S. The maximum Gasteiger partial charge on any atom is 0.471 e. The van der Waals surface area contributed by atoms with Crippen LogP contribution in [0.2, 0.25) is 10.0 Å². The molecule has 3 aromatic rings. The van der Waals surface area contributed by atoms with Crippen LogP contribution in [-0.4, -0.2) is 73.0 Å². The van der Waals surface area contributed by atoms with Gasteiger partial charge in [0, 0.05) is 43.2 Å². The maximum atomic E-state index is 13.9. The first kappa shape index (κ1) is 32.7. The van der Waals surface area contributed by atoms with Crippen LogP contribution in [0, 0.1) is 0 Å². The van der Waals surface area contributed by atoms with E-state index in [2.05, 4.69) is 29.2 Å². The third-order valence-electron chi connectivity index (χ3n) is 9.03. The van der Waals surface area contributed by atoms with Crippen LogP contribution in [0.25, 0.3) is 0 Å². The number of carbonyl (C=O) groups excluding carboxylic acids is 2. The van der Waals surface area contributed by atoms with Crippen molar-refractivity contribution in [2.24, 2.45) is 0 Å². The summed E-state index contributed by atoms with van der Waals surface area (Å²) in [6.45, 7) is 1.68. The van der Waals surface area contributed by atoms with E-state index >= 15 is 0 Å². The summed E-state index contributed by atoms with van der Waals surface area (Å²) in [6.07, 6.45) is -2.93. The highest BCUT2D eigenvalue weighted by molar-refractivity contribution is 7.99.